The van der Waals surface area contributed by atoms with Crippen molar-refractivity contribution in [2.24, 2.45) is 0 Å². The summed E-state index contributed by atoms with van der Waals surface area (Å²) in [7, 11) is 0. The van der Waals surface area contributed by atoms with E-state index in [2.05, 4.69) is 32.6 Å². The molecule has 0 saturated carbocycles. The van der Waals surface area contributed by atoms with Gasteiger partial charge >= 0.3 is 0 Å². The Morgan fingerprint density at radius 3 is 2.54 bits per heavy atom. The summed E-state index contributed by atoms with van der Waals surface area (Å²) >= 11 is 0. The fraction of sp³-hybridized carbons (Fsp3) is 0.207. The Morgan fingerprint density at radius 2 is 1.76 bits per heavy atom. The molecular formula is C29H27N5O3. The molecule has 2 aromatic carbocycles. The maximum absolute atomic E-state index is 13.3. The summed E-state index contributed by atoms with van der Waals surface area (Å²) in [5.41, 5.74) is 4.27. The number of carbonyl (C=O) groups excluding carboxylic acids is 1. The number of hydrogen-bond donors (Lipinski definition) is 1. The predicted octanol–water partition coefficient (Wildman–Crippen LogP) is 4.48. The zero-order valence-corrected chi connectivity index (χ0v) is 20.8. The van der Waals surface area contributed by atoms with E-state index in [-0.39, 0.29) is 29.3 Å². The van der Waals surface area contributed by atoms with Crippen LogP contribution >= 0.6 is 0 Å². The van der Waals surface area contributed by atoms with Crippen LogP contribution in [0.3, 0.4) is 0 Å². The maximum Gasteiger partial charge on any atom is 0.263 e. The van der Waals surface area contributed by atoms with E-state index in [0.717, 1.165) is 29.7 Å². The number of benzene rings is 2. The number of aromatic nitrogens is 4. The lowest BCUT2D eigenvalue weighted by Gasteiger charge is -2.12. The molecule has 1 amide bonds. The van der Waals surface area contributed by atoms with Gasteiger partial charge in [-0.15, -0.1) is 0 Å². The molecule has 8 nitrogen and oxygen atoms in total. The molecule has 0 fully saturated rings. The first kappa shape index (κ1) is 24.1. The van der Waals surface area contributed by atoms with E-state index in [1.54, 1.807) is 22.9 Å². The van der Waals surface area contributed by atoms with Crippen molar-refractivity contribution >= 4 is 16.9 Å². The molecule has 5 rings (SSSR count). The van der Waals surface area contributed by atoms with E-state index in [0.29, 0.717) is 23.4 Å². The summed E-state index contributed by atoms with van der Waals surface area (Å²) in [6, 6.07) is 21.4. The average Bonchev–Trinajstić information content (AvgIpc) is 3.39. The Bertz CT molecular complexity index is 1600. The molecule has 0 saturated heterocycles. The van der Waals surface area contributed by atoms with Gasteiger partial charge in [0.15, 0.2) is 0 Å². The molecule has 3 heterocycles. The van der Waals surface area contributed by atoms with E-state index < -0.39 is 0 Å². The van der Waals surface area contributed by atoms with Crippen molar-refractivity contribution in [3.8, 4) is 22.8 Å². The third kappa shape index (κ3) is 5.48. The monoisotopic (exact) mass is 493 g/mol. The lowest BCUT2D eigenvalue weighted by atomic mass is 10.1. The first-order valence-corrected chi connectivity index (χ1v) is 12.2. The van der Waals surface area contributed by atoms with Crippen molar-refractivity contribution in [2.75, 3.05) is 6.54 Å². The highest BCUT2D eigenvalue weighted by molar-refractivity contribution is 5.83. The van der Waals surface area contributed by atoms with Crippen LogP contribution in [-0.2, 0) is 17.8 Å². The molecule has 3 aromatic heterocycles. The summed E-state index contributed by atoms with van der Waals surface area (Å²) in [5, 5.41) is 7.42. The van der Waals surface area contributed by atoms with Gasteiger partial charge in [0, 0.05) is 24.0 Å². The first-order chi connectivity index (χ1) is 18.0. The largest absolute Gasteiger partial charge is 0.355 e. The van der Waals surface area contributed by atoms with Crippen LogP contribution in [0.4, 0.5) is 0 Å². The SMILES string of the molecule is Cc1ccc(-c2noc(-c3cn(CC(=O)NCCCc4ccccc4)c4nc(C)ccc4c3=O)n2)cc1. The van der Waals surface area contributed by atoms with E-state index in [9.17, 15) is 9.59 Å². The number of rotatable bonds is 8. The number of pyridine rings is 2. The number of fused-ring (bicyclic) bond motifs is 1. The number of amides is 1. The zero-order chi connectivity index (χ0) is 25.8. The van der Waals surface area contributed by atoms with Crippen LogP contribution in [0.1, 0.15) is 23.2 Å². The highest BCUT2D eigenvalue weighted by Crippen LogP contribution is 2.22. The van der Waals surface area contributed by atoms with Gasteiger partial charge in [0.05, 0.1) is 5.39 Å². The normalized spacial score (nSPS) is 11.1. The zero-order valence-electron chi connectivity index (χ0n) is 20.8. The second kappa shape index (κ2) is 10.6. The van der Waals surface area contributed by atoms with Crippen molar-refractivity contribution in [2.45, 2.75) is 33.2 Å². The van der Waals surface area contributed by atoms with Crippen molar-refractivity contribution < 1.29 is 9.32 Å². The molecule has 0 bridgehead atoms. The quantitative estimate of drug-likeness (QED) is 0.320. The third-order valence-electron chi connectivity index (χ3n) is 6.15. The van der Waals surface area contributed by atoms with Gasteiger partial charge in [-0.1, -0.05) is 65.3 Å². The summed E-state index contributed by atoms with van der Waals surface area (Å²) < 4.78 is 7.14. The second-order valence-electron chi connectivity index (χ2n) is 9.05. The number of nitrogens with one attached hydrogen (secondary N) is 1. The molecule has 0 aliphatic carbocycles. The van der Waals surface area contributed by atoms with Crippen LogP contribution < -0.4 is 10.7 Å². The lowest BCUT2D eigenvalue weighted by molar-refractivity contribution is -0.121. The smallest absolute Gasteiger partial charge is 0.263 e. The maximum atomic E-state index is 13.3. The minimum atomic E-state index is -0.277. The van der Waals surface area contributed by atoms with Crippen molar-refractivity contribution in [3.05, 3.63) is 100.0 Å². The number of carbonyl (C=O) groups is 1. The van der Waals surface area contributed by atoms with Crippen molar-refractivity contribution in [1.29, 1.82) is 0 Å². The number of aryl methyl sites for hydroxylation is 3. The van der Waals surface area contributed by atoms with E-state index in [1.807, 2.05) is 56.3 Å². The minimum Gasteiger partial charge on any atom is -0.355 e. The van der Waals surface area contributed by atoms with Gasteiger partial charge in [-0.25, -0.2) is 4.98 Å². The molecule has 0 spiro atoms. The Kier molecular flexibility index (Phi) is 6.89. The topological polar surface area (TPSA) is 103 Å². The standard InChI is InChI=1S/C29H27N5O3/c1-19-10-13-22(14-11-19)27-32-29(37-33-27)24-17-34(28-23(26(24)36)15-12-20(2)31-28)18-25(35)30-16-6-9-21-7-4-3-5-8-21/h3-5,7-8,10-15,17H,6,9,16,18H2,1-2H3,(H,30,35). The Hall–Kier alpha value is -4.59. The number of nitrogens with zero attached hydrogens (tertiary/aromatic N) is 4. The summed E-state index contributed by atoms with van der Waals surface area (Å²) in [4.78, 5) is 35.1. The van der Waals surface area contributed by atoms with Crippen LogP contribution in [0.5, 0.6) is 0 Å². The van der Waals surface area contributed by atoms with E-state index in [4.69, 9.17) is 4.52 Å². The molecule has 0 atom stereocenters. The van der Waals surface area contributed by atoms with Gasteiger partial charge < -0.3 is 14.4 Å². The highest BCUT2D eigenvalue weighted by Gasteiger charge is 2.19. The highest BCUT2D eigenvalue weighted by atomic mass is 16.5. The summed E-state index contributed by atoms with van der Waals surface area (Å²) in [5.74, 6) is 0.317. The van der Waals surface area contributed by atoms with E-state index in [1.165, 1.54) is 5.56 Å². The van der Waals surface area contributed by atoms with Gasteiger partial charge in [0.25, 0.3) is 5.89 Å². The van der Waals surface area contributed by atoms with Gasteiger partial charge in [0.1, 0.15) is 17.8 Å². The van der Waals surface area contributed by atoms with E-state index >= 15 is 0 Å². The van der Waals surface area contributed by atoms with Gasteiger partial charge in [-0.2, -0.15) is 4.98 Å². The molecule has 0 unspecified atom stereocenters. The molecule has 186 valence electrons. The molecule has 8 heteroatoms. The average molecular weight is 494 g/mol. The number of hydrogen-bond acceptors (Lipinski definition) is 6. The van der Waals surface area contributed by atoms with Crippen LogP contribution in [0.25, 0.3) is 33.9 Å². The third-order valence-corrected chi connectivity index (χ3v) is 6.15. The molecule has 0 aliphatic rings. The van der Waals surface area contributed by atoms with Gasteiger partial charge in [-0.05, 0) is 44.4 Å². The molecular weight excluding hydrogens is 466 g/mol. The van der Waals surface area contributed by atoms with Crippen molar-refractivity contribution in [3.63, 3.8) is 0 Å². The van der Waals surface area contributed by atoms with Crippen LogP contribution in [-0.4, -0.2) is 32.1 Å². The van der Waals surface area contributed by atoms with Crippen molar-refractivity contribution in [1.82, 2.24) is 25.0 Å². The van der Waals surface area contributed by atoms with Crippen LogP contribution in [0, 0.1) is 13.8 Å². The molecule has 0 aliphatic heterocycles. The predicted molar refractivity (Wildman–Crippen MR) is 142 cm³/mol. The van der Waals surface area contributed by atoms with Gasteiger partial charge in [0.2, 0.25) is 17.2 Å². The summed E-state index contributed by atoms with van der Waals surface area (Å²) in [6.45, 7) is 4.40. The fourth-order valence-corrected chi connectivity index (χ4v) is 4.16. The van der Waals surface area contributed by atoms with Gasteiger partial charge in [-0.3, -0.25) is 9.59 Å². The molecule has 5 aromatic rings. The molecule has 0 radical (unpaired) electrons. The Balaban J connectivity index is 1.39. The first-order valence-electron chi connectivity index (χ1n) is 12.2. The fourth-order valence-electron chi connectivity index (χ4n) is 4.16. The second-order valence-corrected chi connectivity index (χ2v) is 9.05. The summed E-state index contributed by atoms with van der Waals surface area (Å²) in [6.07, 6.45) is 3.29. The van der Waals surface area contributed by atoms with Crippen LogP contribution in [0.15, 0.2) is 82.2 Å². The molecule has 37 heavy (non-hydrogen) atoms. The Morgan fingerprint density at radius 1 is 0.973 bits per heavy atom. The van der Waals surface area contributed by atoms with Crippen LogP contribution in [0.2, 0.25) is 0 Å². The minimum absolute atomic E-state index is 0.00449. The molecule has 1 N–H and O–H groups in total. The lowest BCUT2D eigenvalue weighted by Crippen LogP contribution is -2.29. The Labute approximate surface area is 214 Å².